The highest BCUT2D eigenvalue weighted by atomic mass is 127. The normalized spacial score (nSPS) is 17.7. The van der Waals surface area contributed by atoms with E-state index < -0.39 is 9.84 Å². The van der Waals surface area contributed by atoms with Crippen molar-refractivity contribution in [1.82, 2.24) is 10.2 Å². The quantitative estimate of drug-likeness (QED) is 0.320. The van der Waals surface area contributed by atoms with Gasteiger partial charge >= 0.3 is 0 Å². The Bertz CT molecular complexity index is 716. The first kappa shape index (κ1) is 25.2. The van der Waals surface area contributed by atoms with E-state index in [2.05, 4.69) is 31.0 Å². The fraction of sp³-hybridized carbons (Fsp3) is 0.667. The van der Waals surface area contributed by atoms with E-state index in [1.165, 1.54) is 25.5 Å². The fourth-order valence-corrected chi connectivity index (χ4v) is 4.57. The molecule has 1 aliphatic rings. The highest BCUT2D eigenvalue weighted by molar-refractivity contribution is 14.0. The smallest absolute Gasteiger partial charge is 0.193 e. The number of benzene rings is 1. The highest BCUT2D eigenvalue weighted by Gasteiger charge is 2.29. The summed E-state index contributed by atoms with van der Waals surface area (Å²) < 4.78 is 23.1. The predicted molar refractivity (Wildman–Crippen MR) is 128 cm³/mol. The largest absolute Gasteiger partial charge is 0.357 e. The minimum atomic E-state index is -3.13. The maximum absolute atomic E-state index is 11.5. The summed E-state index contributed by atoms with van der Waals surface area (Å²) in [5, 5.41) is 3.43. The average Bonchev–Trinajstić information content (AvgIpc) is 3.11. The van der Waals surface area contributed by atoms with Crippen molar-refractivity contribution in [2.24, 2.45) is 16.8 Å². The lowest BCUT2D eigenvalue weighted by atomic mass is 9.87. The van der Waals surface area contributed by atoms with Crippen molar-refractivity contribution in [3.05, 3.63) is 29.8 Å². The Hall–Kier alpha value is -0.830. The van der Waals surface area contributed by atoms with Gasteiger partial charge in [0.05, 0.1) is 4.90 Å². The molecule has 0 bridgehead atoms. The average molecular weight is 522 g/mol. The molecule has 0 radical (unpaired) electrons. The van der Waals surface area contributed by atoms with E-state index in [-0.39, 0.29) is 24.0 Å². The Labute approximate surface area is 188 Å². The van der Waals surface area contributed by atoms with Gasteiger partial charge in [0, 0.05) is 32.4 Å². The molecule has 0 spiro atoms. The van der Waals surface area contributed by atoms with Crippen LogP contribution in [0.3, 0.4) is 0 Å². The van der Waals surface area contributed by atoms with Crippen LogP contribution in [-0.2, 0) is 16.3 Å². The van der Waals surface area contributed by atoms with Gasteiger partial charge < -0.3 is 10.2 Å². The van der Waals surface area contributed by atoms with Crippen LogP contribution in [0.1, 0.15) is 45.6 Å². The van der Waals surface area contributed by atoms with Crippen LogP contribution in [0.25, 0.3) is 0 Å². The second-order valence-electron chi connectivity index (χ2n) is 7.47. The molecule has 7 heteroatoms. The lowest BCUT2D eigenvalue weighted by Gasteiger charge is -2.24. The van der Waals surface area contributed by atoms with Crippen molar-refractivity contribution in [2.75, 3.05) is 32.4 Å². The summed E-state index contributed by atoms with van der Waals surface area (Å²) >= 11 is 0. The molecule has 1 saturated heterocycles. The van der Waals surface area contributed by atoms with E-state index in [1.807, 2.05) is 12.1 Å². The van der Waals surface area contributed by atoms with Crippen molar-refractivity contribution in [3.63, 3.8) is 0 Å². The molecule has 0 aromatic heterocycles. The topological polar surface area (TPSA) is 61.8 Å². The van der Waals surface area contributed by atoms with Gasteiger partial charge in [0.15, 0.2) is 15.8 Å². The van der Waals surface area contributed by atoms with Gasteiger partial charge in [-0.25, -0.2) is 8.42 Å². The highest BCUT2D eigenvalue weighted by Crippen LogP contribution is 2.28. The Morgan fingerprint density at radius 2 is 1.86 bits per heavy atom. The first-order chi connectivity index (χ1) is 12.9. The van der Waals surface area contributed by atoms with Crippen molar-refractivity contribution in [2.45, 2.75) is 51.3 Å². The maximum Gasteiger partial charge on any atom is 0.193 e. The molecule has 1 heterocycles. The van der Waals surface area contributed by atoms with E-state index in [4.69, 9.17) is 4.99 Å². The summed E-state index contributed by atoms with van der Waals surface area (Å²) in [6.45, 7) is 10.4. The number of hydrogen-bond donors (Lipinski definition) is 1. The van der Waals surface area contributed by atoms with Crippen LogP contribution in [0.2, 0.25) is 0 Å². The number of rotatable bonds is 8. The number of hydrogen-bond acceptors (Lipinski definition) is 3. The summed E-state index contributed by atoms with van der Waals surface area (Å²) in [4.78, 5) is 7.59. The number of aliphatic imine (C=N–C) groups is 1. The molecule has 0 saturated carbocycles. The summed E-state index contributed by atoms with van der Waals surface area (Å²) in [5.74, 6) is 2.59. The number of guanidine groups is 1. The second kappa shape index (κ2) is 12.0. The zero-order valence-electron chi connectivity index (χ0n) is 17.6. The van der Waals surface area contributed by atoms with Crippen LogP contribution in [-0.4, -0.2) is 51.7 Å². The number of likely N-dealkylation sites (tertiary alicyclic amines) is 1. The van der Waals surface area contributed by atoms with Crippen LogP contribution >= 0.6 is 24.0 Å². The molecular formula is C21H36IN3O2S. The lowest BCUT2D eigenvalue weighted by Crippen LogP contribution is -2.40. The van der Waals surface area contributed by atoms with Gasteiger partial charge in [-0.05, 0) is 49.3 Å². The zero-order valence-corrected chi connectivity index (χ0v) is 20.8. The van der Waals surface area contributed by atoms with Crippen LogP contribution in [0.4, 0.5) is 0 Å². The van der Waals surface area contributed by atoms with Crippen LogP contribution in [0.5, 0.6) is 0 Å². The van der Waals surface area contributed by atoms with Crippen LogP contribution in [0.15, 0.2) is 34.2 Å². The summed E-state index contributed by atoms with van der Waals surface area (Å²) in [7, 11) is -3.13. The molecule has 28 heavy (non-hydrogen) atoms. The third kappa shape index (κ3) is 7.21. The van der Waals surface area contributed by atoms with Gasteiger partial charge in [-0.3, -0.25) is 4.99 Å². The van der Waals surface area contributed by atoms with Gasteiger partial charge in [0.2, 0.25) is 0 Å². The molecule has 0 amide bonds. The maximum atomic E-state index is 11.5. The zero-order chi connectivity index (χ0) is 19.9. The monoisotopic (exact) mass is 521 g/mol. The molecule has 1 aromatic rings. The molecule has 1 aromatic carbocycles. The van der Waals surface area contributed by atoms with E-state index in [0.29, 0.717) is 11.4 Å². The van der Waals surface area contributed by atoms with Crippen LogP contribution in [0, 0.1) is 11.8 Å². The molecule has 5 nitrogen and oxygen atoms in total. The minimum absolute atomic E-state index is 0. The van der Waals surface area contributed by atoms with E-state index >= 15 is 0 Å². The molecule has 1 unspecified atom stereocenters. The molecule has 1 N–H and O–H groups in total. The molecule has 1 aliphatic heterocycles. The number of sulfone groups is 1. The van der Waals surface area contributed by atoms with Gasteiger partial charge in [0.1, 0.15) is 0 Å². The molecule has 1 fully saturated rings. The van der Waals surface area contributed by atoms with E-state index in [9.17, 15) is 8.42 Å². The summed E-state index contributed by atoms with van der Waals surface area (Å²) in [6.07, 6.45) is 5.81. The van der Waals surface area contributed by atoms with Crippen molar-refractivity contribution in [3.8, 4) is 0 Å². The van der Waals surface area contributed by atoms with Gasteiger partial charge in [0.25, 0.3) is 0 Å². The van der Waals surface area contributed by atoms with Gasteiger partial charge in [-0.1, -0.05) is 38.8 Å². The van der Waals surface area contributed by atoms with E-state index in [0.717, 1.165) is 49.4 Å². The lowest BCUT2D eigenvalue weighted by molar-refractivity contribution is 0.319. The summed E-state index contributed by atoms with van der Waals surface area (Å²) in [6, 6.07) is 7.14. The van der Waals surface area contributed by atoms with Crippen LogP contribution < -0.4 is 5.32 Å². The summed E-state index contributed by atoms with van der Waals surface area (Å²) in [5.41, 5.74) is 1.11. The molecule has 160 valence electrons. The Morgan fingerprint density at radius 3 is 2.39 bits per heavy atom. The SMILES string of the molecule is CCNC(=NCCc1ccc(S(C)(=O)=O)cc1)N1CCC(C(CC)CC)C1.I. The fourth-order valence-electron chi connectivity index (χ4n) is 3.94. The third-order valence-electron chi connectivity index (χ3n) is 5.59. The third-order valence-corrected chi connectivity index (χ3v) is 6.72. The molecule has 1 atom stereocenters. The molecular weight excluding hydrogens is 485 g/mol. The first-order valence-electron chi connectivity index (χ1n) is 10.2. The first-order valence-corrected chi connectivity index (χ1v) is 12.1. The Morgan fingerprint density at radius 1 is 1.21 bits per heavy atom. The number of halogens is 1. The standard InChI is InChI=1S/C21H35N3O2S.HI/c1-5-18(6-2)19-13-15-24(16-19)21(22-7-3)23-14-12-17-8-10-20(11-9-17)27(4,25)26;/h8-11,18-19H,5-7,12-16H2,1-4H3,(H,22,23);1H. The van der Waals surface area contributed by atoms with Crippen molar-refractivity contribution >= 4 is 39.8 Å². The number of nitrogens with zero attached hydrogens (tertiary/aromatic N) is 2. The molecule has 0 aliphatic carbocycles. The number of nitrogens with one attached hydrogen (secondary N) is 1. The van der Waals surface area contributed by atoms with Gasteiger partial charge in [-0.15, -0.1) is 24.0 Å². The van der Waals surface area contributed by atoms with Gasteiger partial charge in [-0.2, -0.15) is 0 Å². The Kier molecular flexibility index (Phi) is 10.8. The second-order valence-corrected chi connectivity index (χ2v) is 9.49. The minimum Gasteiger partial charge on any atom is -0.357 e. The van der Waals surface area contributed by atoms with Crippen molar-refractivity contribution < 1.29 is 8.42 Å². The van der Waals surface area contributed by atoms with Crippen molar-refractivity contribution in [1.29, 1.82) is 0 Å². The Balaban J connectivity index is 0.00000392. The predicted octanol–water partition coefficient (Wildman–Crippen LogP) is 3.97. The van der Waals surface area contributed by atoms with E-state index in [1.54, 1.807) is 12.1 Å². The molecule has 2 rings (SSSR count).